The predicted molar refractivity (Wildman–Crippen MR) is 48.5 cm³/mol. The van der Waals surface area contributed by atoms with Crippen LogP contribution in [-0.2, 0) is 4.79 Å². The quantitative estimate of drug-likeness (QED) is 0.316. The van der Waals surface area contributed by atoms with Gasteiger partial charge in [0.05, 0.1) is 21.1 Å². The lowest BCUT2D eigenvalue weighted by Crippen LogP contribution is -3.00. The van der Waals surface area contributed by atoms with E-state index in [1.54, 1.807) is 28.1 Å². The first kappa shape index (κ1) is 15.1. The summed E-state index contributed by atoms with van der Waals surface area (Å²) in [6, 6.07) is 0. The lowest BCUT2D eigenvalue weighted by molar-refractivity contribution is -0.937. The van der Waals surface area contributed by atoms with Gasteiger partial charge < -0.3 is 17.5 Å². The monoisotopic (exact) mass is 207 g/mol. The molecule has 0 aromatic heterocycles. The second kappa shape index (κ2) is 4.74. The van der Waals surface area contributed by atoms with Crippen molar-refractivity contribution in [2.24, 2.45) is 0 Å². The van der Waals surface area contributed by atoms with Crippen LogP contribution in [0.4, 0.5) is 0 Å². The maximum absolute atomic E-state index is 11.3. The molecule has 0 fully saturated rings. The second-order valence-corrected chi connectivity index (χ2v) is 3.75. The van der Waals surface area contributed by atoms with Gasteiger partial charge in [0.1, 0.15) is 0 Å². The Balaban J connectivity index is 0. The average Bonchev–Trinajstić information content (AvgIpc) is 1.99. The van der Waals surface area contributed by atoms with E-state index < -0.39 is 5.72 Å². The number of halogens is 1. The van der Waals surface area contributed by atoms with Crippen molar-refractivity contribution < 1.29 is 26.8 Å². The first-order chi connectivity index (χ1) is 5.29. The molecule has 0 radical (unpaired) electrons. The minimum Gasteiger partial charge on any atom is -1.00 e. The van der Waals surface area contributed by atoms with Gasteiger partial charge >= 0.3 is 0 Å². The number of hydrogen-bond acceptors (Lipinski definition) is 2. The number of nitrogens with zero attached hydrogens (tertiary/aromatic N) is 1. The molecule has 0 heterocycles. The van der Waals surface area contributed by atoms with Crippen LogP contribution in [-0.4, -0.2) is 42.2 Å². The molecule has 0 aliphatic carbocycles. The summed E-state index contributed by atoms with van der Waals surface area (Å²) in [6.07, 6.45) is 1.56. The molecule has 0 bridgehead atoms. The SMILES string of the molecule is C=CC(=O)C(O)(CC)[N+](C)(C)C.[Cl-]. The van der Waals surface area contributed by atoms with Gasteiger partial charge in [-0.1, -0.05) is 13.5 Å². The third-order valence-electron chi connectivity index (χ3n) is 2.18. The van der Waals surface area contributed by atoms with E-state index in [1.807, 2.05) is 0 Å². The maximum Gasteiger partial charge on any atom is 0.264 e. The van der Waals surface area contributed by atoms with Crippen molar-refractivity contribution in [2.75, 3.05) is 21.1 Å². The van der Waals surface area contributed by atoms with Crippen molar-refractivity contribution in [3.8, 4) is 0 Å². The summed E-state index contributed by atoms with van der Waals surface area (Å²) in [7, 11) is 5.35. The minimum atomic E-state index is -1.33. The molecule has 1 atom stereocenters. The van der Waals surface area contributed by atoms with E-state index in [0.29, 0.717) is 6.42 Å². The van der Waals surface area contributed by atoms with Gasteiger partial charge in [-0.2, -0.15) is 0 Å². The second-order valence-electron chi connectivity index (χ2n) is 3.75. The third kappa shape index (κ3) is 2.79. The van der Waals surface area contributed by atoms with Gasteiger partial charge in [0.15, 0.2) is 0 Å². The normalized spacial score (nSPS) is 15.5. The van der Waals surface area contributed by atoms with E-state index in [0.717, 1.165) is 0 Å². The summed E-state index contributed by atoms with van der Waals surface area (Å²) in [6.45, 7) is 5.15. The number of hydrogen-bond donors (Lipinski definition) is 1. The molecule has 0 amide bonds. The molecule has 13 heavy (non-hydrogen) atoms. The smallest absolute Gasteiger partial charge is 0.264 e. The van der Waals surface area contributed by atoms with Crippen LogP contribution in [0, 0.1) is 0 Å². The fourth-order valence-corrected chi connectivity index (χ4v) is 1.14. The molecule has 0 rings (SSSR count). The standard InChI is InChI=1S/C9H18NO2.ClH/c1-6-8(11)9(12,7-2)10(3,4)5;/h6,12H,1,7H2,2-5H3;1H/q+1;/p-1. The van der Waals surface area contributed by atoms with Crippen LogP contribution in [0.25, 0.3) is 0 Å². The number of rotatable bonds is 4. The van der Waals surface area contributed by atoms with Crippen LogP contribution in [0.5, 0.6) is 0 Å². The molecular weight excluding hydrogens is 190 g/mol. The van der Waals surface area contributed by atoms with Crippen LogP contribution >= 0.6 is 0 Å². The molecule has 1 N–H and O–H groups in total. The summed E-state index contributed by atoms with van der Waals surface area (Å²) < 4.78 is 0.203. The molecule has 1 unspecified atom stereocenters. The largest absolute Gasteiger partial charge is 1.00 e. The third-order valence-corrected chi connectivity index (χ3v) is 2.18. The Morgan fingerprint density at radius 3 is 2.00 bits per heavy atom. The first-order valence-corrected chi connectivity index (χ1v) is 4.00. The Kier molecular flexibility index (Phi) is 5.51. The fourth-order valence-electron chi connectivity index (χ4n) is 1.14. The van der Waals surface area contributed by atoms with E-state index in [1.165, 1.54) is 6.08 Å². The van der Waals surface area contributed by atoms with E-state index in [2.05, 4.69) is 6.58 Å². The van der Waals surface area contributed by atoms with Gasteiger partial charge in [0.2, 0.25) is 5.78 Å². The van der Waals surface area contributed by atoms with Crippen LogP contribution in [0.3, 0.4) is 0 Å². The highest BCUT2D eigenvalue weighted by Gasteiger charge is 2.45. The fraction of sp³-hybridized carbons (Fsp3) is 0.667. The number of carbonyl (C=O) groups is 1. The zero-order valence-electron chi connectivity index (χ0n) is 8.67. The van der Waals surface area contributed by atoms with Crippen LogP contribution in [0.2, 0.25) is 0 Å². The Morgan fingerprint density at radius 2 is 1.92 bits per heavy atom. The van der Waals surface area contributed by atoms with Crippen LogP contribution in [0.1, 0.15) is 13.3 Å². The molecule has 0 aromatic rings. The summed E-state index contributed by atoms with van der Waals surface area (Å²) in [5, 5.41) is 9.98. The molecule has 0 aromatic carbocycles. The highest BCUT2D eigenvalue weighted by Crippen LogP contribution is 2.20. The number of aliphatic hydroxyl groups is 1. The topological polar surface area (TPSA) is 37.3 Å². The Bertz CT molecular complexity index is 198. The zero-order chi connectivity index (χ0) is 9.99. The van der Waals surface area contributed by atoms with Gasteiger partial charge in [-0.05, 0) is 6.08 Å². The number of quaternary nitrogens is 1. The van der Waals surface area contributed by atoms with Crippen LogP contribution in [0.15, 0.2) is 12.7 Å². The molecule has 0 saturated heterocycles. The average molecular weight is 208 g/mol. The molecule has 78 valence electrons. The van der Waals surface area contributed by atoms with Crippen LogP contribution < -0.4 is 12.4 Å². The molecule has 3 nitrogen and oxygen atoms in total. The summed E-state index contributed by atoms with van der Waals surface area (Å²) in [4.78, 5) is 11.3. The van der Waals surface area contributed by atoms with E-state index in [-0.39, 0.29) is 22.7 Å². The van der Waals surface area contributed by atoms with E-state index in [4.69, 9.17) is 0 Å². The Labute approximate surface area is 86.0 Å². The lowest BCUT2D eigenvalue weighted by atomic mass is 10.0. The van der Waals surface area contributed by atoms with Crippen molar-refractivity contribution in [3.05, 3.63) is 12.7 Å². The Hall–Kier alpha value is -0.380. The van der Waals surface area contributed by atoms with Gasteiger partial charge in [0.25, 0.3) is 5.72 Å². The first-order valence-electron chi connectivity index (χ1n) is 4.00. The molecular formula is C9H18ClNO2. The number of likely N-dealkylation sites (N-methyl/N-ethyl adjacent to an activating group) is 1. The highest BCUT2D eigenvalue weighted by atomic mass is 35.5. The van der Waals surface area contributed by atoms with Gasteiger partial charge in [-0.15, -0.1) is 0 Å². The molecule has 0 saturated carbocycles. The summed E-state index contributed by atoms with van der Waals surface area (Å²) in [5.74, 6) is -0.322. The van der Waals surface area contributed by atoms with Crippen molar-refractivity contribution in [2.45, 2.75) is 19.1 Å². The lowest BCUT2D eigenvalue weighted by Gasteiger charge is -2.39. The van der Waals surface area contributed by atoms with Gasteiger partial charge in [0, 0.05) is 6.42 Å². The molecule has 0 aliphatic rings. The van der Waals surface area contributed by atoms with E-state index in [9.17, 15) is 9.90 Å². The maximum atomic E-state index is 11.3. The number of carbonyl (C=O) groups excluding carboxylic acids is 1. The highest BCUT2D eigenvalue weighted by molar-refractivity contribution is 5.94. The van der Waals surface area contributed by atoms with Crippen molar-refractivity contribution in [1.82, 2.24) is 0 Å². The van der Waals surface area contributed by atoms with Crippen molar-refractivity contribution in [3.63, 3.8) is 0 Å². The number of ketones is 1. The zero-order valence-corrected chi connectivity index (χ0v) is 9.43. The van der Waals surface area contributed by atoms with Gasteiger partial charge in [-0.3, -0.25) is 9.28 Å². The van der Waals surface area contributed by atoms with E-state index >= 15 is 0 Å². The summed E-state index contributed by atoms with van der Waals surface area (Å²) in [5.41, 5.74) is -1.33. The molecule has 0 spiro atoms. The molecule has 0 aliphatic heterocycles. The summed E-state index contributed by atoms with van der Waals surface area (Å²) >= 11 is 0. The van der Waals surface area contributed by atoms with Crippen molar-refractivity contribution >= 4 is 5.78 Å². The molecule has 4 heteroatoms. The predicted octanol–water partition coefficient (Wildman–Crippen LogP) is -2.45. The van der Waals surface area contributed by atoms with Gasteiger partial charge in [-0.25, -0.2) is 0 Å². The minimum absolute atomic E-state index is 0. The van der Waals surface area contributed by atoms with Crippen molar-refractivity contribution in [1.29, 1.82) is 0 Å². The Morgan fingerprint density at radius 1 is 1.54 bits per heavy atom.